The van der Waals surface area contributed by atoms with Crippen molar-refractivity contribution in [2.75, 3.05) is 33.2 Å². The van der Waals surface area contributed by atoms with Gasteiger partial charge in [0.25, 0.3) is 0 Å². The first kappa shape index (κ1) is 21.9. The summed E-state index contributed by atoms with van der Waals surface area (Å²) in [5.74, 6) is 0.718. The molecule has 1 aromatic heterocycles. The third-order valence-corrected chi connectivity index (χ3v) is 6.67. The summed E-state index contributed by atoms with van der Waals surface area (Å²) in [5.41, 5.74) is 0. The maximum Gasteiger partial charge on any atom is 0.250 e. The van der Waals surface area contributed by atoms with Crippen molar-refractivity contribution in [2.24, 2.45) is 4.99 Å². The van der Waals surface area contributed by atoms with Crippen LogP contribution in [0, 0.1) is 0 Å². The van der Waals surface area contributed by atoms with Gasteiger partial charge in [0.1, 0.15) is 4.21 Å². The third-order valence-electron chi connectivity index (χ3n) is 3.49. The average Bonchev–Trinajstić information content (AvgIpc) is 2.96. The van der Waals surface area contributed by atoms with Crippen LogP contribution in [0.1, 0.15) is 12.8 Å². The minimum absolute atomic E-state index is 0. The van der Waals surface area contributed by atoms with Crippen molar-refractivity contribution in [3.63, 3.8) is 0 Å². The maximum atomic E-state index is 12.0. The molecule has 0 spiro atoms. The van der Waals surface area contributed by atoms with Gasteiger partial charge in [0, 0.05) is 33.2 Å². The van der Waals surface area contributed by atoms with E-state index in [0.717, 1.165) is 30.4 Å². The molecule has 2 heterocycles. The molecular weight excluding hydrogens is 487 g/mol. The smallest absolute Gasteiger partial charge is 0.250 e. The van der Waals surface area contributed by atoms with Gasteiger partial charge in [-0.15, -0.1) is 35.3 Å². The molecule has 1 fully saturated rings. The molecule has 24 heavy (non-hydrogen) atoms. The first-order valence-electron chi connectivity index (χ1n) is 7.31. The van der Waals surface area contributed by atoms with E-state index < -0.39 is 10.0 Å². The number of aliphatic hydroxyl groups excluding tert-OH is 1. The Labute approximate surface area is 168 Å². The summed E-state index contributed by atoms with van der Waals surface area (Å²) < 4.78 is 27.3. The van der Waals surface area contributed by atoms with Gasteiger partial charge in [-0.3, -0.25) is 4.99 Å². The fourth-order valence-electron chi connectivity index (χ4n) is 2.28. The molecular formula is C13H22ClIN4O3S2. The lowest BCUT2D eigenvalue weighted by atomic mass is 10.1. The first-order chi connectivity index (χ1) is 10.9. The Hall–Kier alpha value is -0.140. The summed E-state index contributed by atoms with van der Waals surface area (Å²) in [5, 5.41) is 12.7. The van der Waals surface area contributed by atoms with Gasteiger partial charge in [0.05, 0.1) is 10.4 Å². The highest BCUT2D eigenvalue weighted by atomic mass is 127. The monoisotopic (exact) mass is 508 g/mol. The standard InChI is InChI=1S/C13H21ClN4O3S2.HI/c1-15-13(18-8-4-10(19)5-9-18)16-6-7-17-23(20,21)12-3-2-11(14)22-12;/h2-3,10,17,19H,4-9H2,1H3,(H,15,16);1H. The van der Waals surface area contributed by atoms with Crippen LogP contribution in [0.25, 0.3) is 0 Å². The van der Waals surface area contributed by atoms with Crippen molar-refractivity contribution in [1.82, 2.24) is 14.9 Å². The maximum absolute atomic E-state index is 12.0. The summed E-state index contributed by atoms with van der Waals surface area (Å²) in [4.78, 5) is 6.25. The minimum Gasteiger partial charge on any atom is -0.393 e. The molecule has 0 aliphatic carbocycles. The van der Waals surface area contributed by atoms with Crippen LogP contribution >= 0.6 is 46.9 Å². The van der Waals surface area contributed by atoms with Crippen LogP contribution in [0.2, 0.25) is 4.34 Å². The number of rotatable bonds is 5. The predicted octanol–water partition coefficient (Wildman–Crippen LogP) is 1.33. The summed E-state index contributed by atoms with van der Waals surface area (Å²) in [6.07, 6.45) is 1.19. The zero-order valence-electron chi connectivity index (χ0n) is 13.2. The van der Waals surface area contributed by atoms with E-state index in [1.165, 1.54) is 6.07 Å². The number of hydrogen-bond donors (Lipinski definition) is 3. The van der Waals surface area contributed by atoms with Crippen LogP contribution in [-0.4, -0.2) is 63.7 Å². The van der Waals surface area contributed by atoms with Crippen molar-refractivity contribution >= 4 is 62.9 Å². The lowest BCUT2D eigenvalue weighted by molar-refractivity contribution is 0.108. The first-order valence-corrected chi connectivity index (χ1v) is 9.99. The summed E-state index contributed by atoms with van der Waals surface area (Å²) in [7, 11) is -1.83. The number of halogens is 2. The number of piperidine rings is 1. The number of thiophene rings is 1. The molecule has 0 atom stereocenters. The fraction of sp³-hybridized carbons (Fsp3) is 0.615. The van der Waals surface area contributed by atoms with E-state index in [0.29, 0.717) is 23.7 Å². The van der Waals surface area contributed by atoms with E-state index in [1.54, 1.807) is 13.1 Å². The fourth-order valence-corrected chi connectivity index (χ4v) is 4.84. The van der Waals surface area contributed by atoms with Crippen LogP contribution < -0.4 is 10.0 Å². The van der Waals surface area contributed by atoms with E-state index in [-0.39, 0.29) is 40.8 Å². The number of hydrogen-bond acceptors (Lipinski definition) is 5. The van der Waals surface area contributed by atoms with Crippen LogP contribution in [0.3, 0.4) is 0 Å². The Morgan fingerprint density at radius 3 is 2.62 bits per heavy atom. The molecule has 2 rings (SSSR count). The largest absolute Gasteiger partial charge is 0.393 e. The van der Waals surface area contributed by atoms with Crippen LogP contribution in [0.15, 0.2) is 21.3 Å². The zero-order valence-corrected chi connectivity index (χ0v) is 18.0. The Bertz CT molecular complexity index is 645. The Kier molecular flexibility index (Phi) is 9.23. The van der Waals surface area contributed by atoms with Crippen molar-refractivity contribution in [2.45, 2.75) is 23.2 Å². The van der Waals surface area contributed by atoms with Gasteiger partial charge >= 0.3 is 0 Å². The molecule has 0 bridgehead atoms. The highest BCUT2D eigenvalue weighted by Gasteiger charge is 2.20. The number of guanidine groups is 1. The van der Waals surface area contributed by atoms with E-state index in [1.807, 2.05) is 0 Å². The normalized spacial score (nSPS) is 16.8. The van der Waals surface area contributed by atoms with Crippen molar-refractivity contribution < 1.29 is 13.5 Å². The molecule has 0 unspecified atom stereocenters. The van der Waals surface area contributed by atoms with E-state index >= 15 is 0 Å². The van der Waals surface area contributed by atoms with Crippen molar-refractivity contribution in [3.05, 3.63) is 16.5 Å². The summed E-state index contributed by atoms with van der Waals surface area (Å²) >= 11 is 6.78. The van der Waals surface area contributed by atoms with Gasteiger partial charge in [-0.25, -0.2) is 13.1 Å². The highest BCUT2D eigenvalue weighted by molar-refractivity contribution is 14.0. The van der Waals surface area contributed by atoms with E-state index in [9.17, 15) is 13.5 Å². The minimum atomic E-state index is -3.52. The predicted molar refractivity (Wildman–Crippen MR) is 108 cm³/mol. The molecule has 1 saturated heterocycles. The summed E-state index contributed by atoms with van der Waals surface area (Å²) in [6.45, 7) is 2.14. The van der Waals surface area contributed by atoms with Gasteiger partial charge < -0.3 is 15.3 Å². The number of nitrogens with zero attached hydrogens (tertiary/aromatic N) is 2. The quantitative estimate of drug-likeness (QED) is 0.241. The molecule has 1 aliphatic heterocycles. The van der Waals surface area contributed by atoms with Crippen LogP contribution in [0.5, 0.6) is 0 Å². The molecule has 7 nitrogen and oxygen atoms in total. The molecule has 0 radical (unpaired) electrons. The van der Waals surface area contributed by atoms with E-state index in [4.69, 9.17) is 11.6 Å². The number of aliphatic hydroxyl groups is 1. The Morgan fingerprint density at radius 1 is 1.42 bits per heavy atom. The molecule has 1 aromatic rings. The van der Waals surface area contributed by atoms with E-state index in [2.05, 4.69) is 19.9 Å². The number of aliphatic imine (C=N–C) groups is 1. The van der Waals surface area contributed by atoms with Gasteiger partial charge in [-0.2, -0.15) is 0 Å². The second-order valence-corrected chi connectivity index (χ2v) is 8.86. The van der Waals surface area contributed by atoms with Crippen LogP contribution in [-0.2, 0) is 10.0 Å². The number of likely N-dealkylation sites (tertiary alicyclic amines) is 1. The van der Waals surface area contributed by atoms with Crippen molar-refractivity contribution in [1.29, 1.82) is 0 Å². The lowest BCUT2D eigenvalue weighted by Gasteiger charge is -2.32. The van der Waals surface area contributed by atoms with Gasteiger partial charge in [-0.05, 0) is 25.0 Å². The number of nitrogens with one attached hydrogen (secondary N) is 2. The van der Waals surface area contributed by atoms with Gasteiger partial charge in [0.15, 0.2) is 5.96 Å². The zero-order chi connectivity index (χ0) is 16.9. The molecule has 0 saturated carbocycles. The lowest BCUT2D eigenvalue weighted by Crippen LogP contribution is -2.48. The molecule has 0 aromatic carbocycles. The molecule has 0 amide bonds. The SMILES string of the molecule is CN=C(NCCNS(=O)(=O)c1ccc(Cl)s1)N1CCC(O)CC1.I. The van der Waals surface area contributed by atoms with Gasteiger partial charge in [0.2, 0.25) is 10.0 Å². The second kappa shape index (κ2) is 10.1. The number of sulfonamides is 1. The Morgan fingerprint density at radius 2 is 2.08 bits per heavy atom. The van der Waals surface area contributed by atoms with Gasteiger partial charge in [-0.1, -0.05) is 11.6 Å². The third kappa shape index (κ3) is 6.30. The summed E-state index contributed by atoms with van der Waals surface area (Å²) in [6, 6.07) is 3.05. The highest BCUT2D eigenvalue weighted by Crippen LogP contribution is 2.25. The Balaban J connectivity index is 0.00000288. The second-order valence-electron chi connectivity index (χ2n) is 5.15. The molecule has 138 valence electrons. The molecule has 3 N–H and O–H groups in total. The topological polar surface area (TPSA) is 94.0 Å². The van der Waals surface area contributed by atoms with Crippen molar-refractivity contribution in [3.8, 4) is 0 Å². The van der Waals surface area contributed by atoms with Crippen LogP contribution in [0.4, 0.5) is 0 Å². The average molecular weight is 509 g/mol. The molecule has 1 aliphatic rings. The molecule has 11 heteroatoms.